The van der Waals surface area contributed by atoms with Gasteiger partial charge < -0.3 is 29.1 Å². The van der Waals surface area contributed by atoms with E-state index in [0.717, 1.165) is 16.9 Å². The van der Waals surface area contributed by atoms with Crippen LogP contribution in [0.5, 0.6) is 5.75 Å². The van der Waals surface area contributed by atoms with Crippen molar-refractivity contribution < 1.29 is 47.8 Å². The number of rotatable bonds is 14. The van der Waals surface area contributed by atoms with Crippen LogP contribution in [0.4, 0.5) is 9.93 Å². The van der Waals surface area contributed by atoms with Gasteiger partial charge in [-0.25, -0.2) is 19.4 Å². The fourth-order valence-corrected chi connectivity index (χ4v) is 7.71. The van der Waals surface area contributed by atoms with Crippen molar-refractivity contribution in [3.05, 3.63) is 87.6 Å². The van der Waals surface area contributed by atoms with Crippen molar-refractivity contribution in [3.63, 3.8) is 0 Å². The van der Waals surface area contributed by atoms with Gasteiger partial charge in [0.1, 0.15) is 47.4 Å². The topological polar surface area (TPSA) is 184 Å². The number of benzene rings is 2. The summed E-state index contributed by atoms with van der Waals surface area (Å²) in [6.45, 7) is 9.53. The number of fused-ring (bicyclic) bond motifs is 1. The maximum absolute atomic E-state index is 14.1. The van der Waals surface area contributed by atoms with Crippen LogP contribution in [0.3, 0.4) is 0 Å². The van der Waals surface area contributed by atoms with Crippen LogP contribution in [0.15, 0.2) is 71.0 Å². The highest BCUT2D eigenvalue weighted by atomic mass is 35.5. The summed E-state index contributed by atoms with van der Waals surface area (Å²) >= 11 is 8.55. The van der Waals surface area contributed by atoms with Gasteiger partial charge in [0.25, 0.3) is 11.8 Å². The number of nitrogens with one attached hydrogen (secondary N) is 2. The van der Waals surface area contributed by atoms with Gasteiger partial charge in [-0.2, -0.15) is 0 Å². The van der Waals surface area contributed by atoms with Crippen molar-refractivity contribution >= 4 is 75.4 Å². The minimum atomic E-state index is -1.66. The molecule has 3 amide bonds. The van der Waals surface area contributed by atoms with Crippen molar-refractivity contribution in [3.8, 4) is 5.75 Å². The number of thiazole rings is 1. The molecule has 0 aliphatic carbocycles. The third-order valence-electron chi connectivity index (χ3n) is 8.13. The van der Waals surface area contributed by atoms with E-state index < -0.39 is 52.5 Å². The highest BCUT2D eigenvalue weighted by Crippen LogP contribution is 2.41. The van der Waals surface area contributed by atoms with E-state index in [1.54, 1.807) is 71.2 Å². The van der Waals surface area contributed by atoms with Gasteiger partial charge in [0.2, 0.25) is 5.60 Å². The van der Waals surface area contributed by atoms with Crippen LogP contribution in [0.2, 0.25) is 0 Å². The van der Waals surface area contributed by atoms with Crippen LogP contribution in [0.1, 0.15) is 56.3 Å². The molecule has 3 aromatic rings. The first-order valence-electron chi connectivity index (χ1n) is 17.3. The summed E-state index contributed by atoms with van der Waals surface area (Å²) in [5, 5.41) is 8.74. The second kappa shape index (κ2) is 17.8. The Bertz CT molecular complexity index is 2030. The molecule has 2 aromatic carbocycles. The molecule has 1 fully saturated rings. The molecule has 2 unspecified atom stereocenters. The third-order valence-corrected chi connectivity index (χ3v) is 10.7. The minimum absolute atomic E-state index is 0.0119. The average Bonchev–Trinajstić information content (AvgIpc) is 3.52. The Morgan fingerprint density at radius 3 is 2.29 bits per heavy atom. The predicted octanol–water partition coefficient (Wildman–Crippen LogP) is 5.69. The van der Waals surface area contributed by atoms with Gasteiger partial charge in [0.05, 0.1) is 7.11 Å². The van der Waals surface area contributed by atoms with Crippen molar-refractivity contribution in [2.24, 2.45) is 5.16 Å². The molecule has 56 heavy (non-hydrogen) atoms. The molecule has 0 bridgehead atoms. The molecule has 2 atom stereocenters. The van der Waals surface area contributed by atoms with Crippen LogP contribution >= 0.6 is 34.7 Å². The van der Waals surface area contributed by atoms with E-state index in [-0.39, 0.29) is 41.3 Å². The van der Waals surface area contributed by atoms with Gasteiger partial charge in [-0.15, -0.1) is 34.7 Å². The number of thioether (sulfide) groups is 1. The standard InChI is InChI=1S/C38H42ClN5O10S2/c1-21-26(41-35(56-21)42-36(49)52-19-22-11-9-8-10-12-22)27(43-54-38(5,6)34(48)53-37(2,3)4)30(45)40-28-31(46)44-29(24(17-39)20-55-32(28)44)33(47)51-18-23-13-15-25(50-7)16-14-23/h8-16,28,32H,17-20H2,1-7H3,(H,40,45)(H,41,42,49). The summed E-state index contributed by atoms with van der Waals surface area (Å²) in [5.74, 6) is -2.01. The molecule has 18 heteroatoms. The first kappa shape index (κ1) is 42.0. The van der Waals surface area contributed by atoms with Crippen molar-refractivity contribution in [1.82, 2.24) is 15.2 Å². The maximum Gasteiger partial charge on any atom is 0.413 e. The smallest absolute Gasteiger partial charge is 0.413 e. The Morgan fingerprint density at radius 2 is 1.64 bits per heavy atom. The summed E-state index contributed by atoms with van der Waals surface area (Å²) in [5.41, 5.74) is -0.852. The maximum atomic E-state index is 14.1. The molecule has 2 aliphatic rings. The van der Waals surface area contributed by atoms with Crippen LogP contribution in [0, 0.1) is 6.92 Å². The zero-order valence-electron chi connectivity index (χ0n) is 31.8. The van der Waals surface area contributed by atoms with Gasteiger partial charge in [-0.05, 0) is 70.4 Å². The van der Waals surface area contributed by atoms with E-state index in [9.17, 15) is 24.0 Å². The Kier molecular flexibility index (Phi) is 13.3. The number of nitrogens with zero attached hydrogens (tertiary/aromatic N) is 3. The number of oxime groups is 1. The highest BCUT2D eigenvalue weighted by molar-refractivity contribution is 8.00. The monoisotopic (exact) mass is 827 g/mol. The quantitative estimate of drug-likeness (QED) is 0.0507. The number of hydrogen-bond acceptors (Lipinski definition) is 14. The number of hydrogen-bond donors (Lipinski definition) is 2. The van der Waals surface area contributed by atoms with Crippen LogP contribution in [0.25, 0.3) is 0 Å². The SMILES string of the molecule is COc1ccc(COC(=O)C2=C(CCl)CSC3C(NC(=O)C(=NOC(C)(C)C(=O)OC(C)(C)C)c4nc(NC(=O)OCc5ccccc5)sc4C)C(=O)N23)cc1. The molecule has 1 aromatic heterocycles. The summed E-state index contributed by atoms with van der Waals surface area (Å²) < 4.78 is 21.5. The molecule has 15 nitrogen and oxygen atoms in total. The fourth-order valence-electron chi connectivity index (χ4n) is 5.23. The summed E-state index contributed by atoms with van der Waals surface area (Å²) in [6.07, 6.45) is -0.781. The van der Waals surface area contributed by atoms with Crippen molar-refractivity contribution in [1.29, 1.82) is 0 Å². The number of aryl methyl sites for hydroxylation is 1. The Hall–Kier alpha value is -5.13. The molecule has 0 spiro atoms. The zero-order chi connectivity index (χ0) is 40.8. The van der Waals surface area contributed by atoms with Gasteiger partial charge in [-0.1, -0.05) is 47.6 Å². The predicted molar refractivity (Wildman–Crippen MR) is 210 cm³/mol. The number of β-lactam (4-membered cyclic amide) rings is 1. The number of ether oxygens (including phenoxy) is 4. The Labute approximate surface area is 337 Å². The molecule has 0 saturated carbocycles. The van der Waals surface area contributed by atoms with E-state index in [4.69, 9.17) is 35.4 Å². The Morgan fingerprint density at radius 1 is 0.982 bits per heavy atom. The van der Waals surface area contributed by atoms with Gasteiger partial charge in [-0.3, -0.25) is 19.8 Å². The molecule has 298 valence electrons. The van der Waals surface area contributed by atoms with Crippen LogP contribution < -0.4 is 15.4 Å². The number of carbonyl (C=O) groups is 5. The average molecular weight is 828 g/mol. The van der Waals surface area contributed by atoms with Gasteiger partial charge in [0.15, 0.2) is 10.8 Å². The molecule has 1 saturated heterocycles. The van der Waals surface area contributed by atoms with E-state index in [2.05, 4.69) is 20.8 Å². The molecular formula is C38H42ClN5O10S2. The second-order valence-electron chi connectivity index (χ2n) is 14.0. The number of methoxy groups -OCH3 is 1. The lowest BCUT2D eigenvalue weighted by Crippen LogP contribution is -2.71. The summed E-state index contributed by atoms with van der Waals surface area (Å²) in [4.78, 5) is 78.5. The molecule has 2 aliphatic heterocycles. The zero-order valence-corrected chi connectivity index (χ0v) is 34.2. The highest BCUT2D eigenvalue weighted by Gasteiger charge is 2.54. The largest absolute Gasteiger partial charge is 0.497 e. The molecule has 2 N–H and O–H groups in total. The number of aromatic nitrogens is 1. The minimum Gasteiger partial charge on any atom is -0.497 e. The number of anilines is 1. The van der Waals surface area contributed by atoms with E-state index >= 15 is 0 Å². The lowest BCUT2D eigenvalue weighted by Gasteiger charge is -2.49. The normalized spacial score (nSPS) is 17.0. The molecular weight excluding hydrogens is 786 g/mol. The van der Waals surface area contributed by atoms with Crippen LogP contribution in [-0.4, -0.2) is 86.8 Å². The van der Waals surface area contributed by atoms with Crippen LogP contribution in [-0.2, 0) is 51.4 Å². The molecule has 5 rings (SSSR count). The van der Waals surface area contributed by atoms with E-state index in [1.807, 2.05) is 18.2 Å². The summed E-state index contributed by atoms with van der Waals surface area (Å²) in [7, 11) is 1.55. The first-order valence-corrected chi connectivity index (χ1v) is 19.7. The molecule has 3 heterocycles. The van der Waals surface area contributed by atoms with E-state index in [0.29, 0.717) is 27.5 Å². The van der Waals surface area contributed by atoms with Crippen molar-refractivity contribution in [2.75, 3.05) is 24.1 Å². The number of amides is 3. The van der Waals surface area contributed by atoms with E-state index in [1.165, 1.54) is 30.5 Å². The number of halogens is 1. The van der Waals surface area contributed by atoms with Gasteiger partial charge in [0, 0.05) is 16.5 Å². The number of carbonyl (C=O) groups excluding carboxylic acids is 5. The number of alkyl halides is 1. The fraction of sp³-hybridized carbons (Fsp3) is 0.395. The lowest BCUT2D eigenvalue weighted by molar-refractivity contribution is -0.179. The third kappa shape index (κ3) is 10.2. The van der Waals surface area contributed by atoms with Crippen molar-refractivity contribution in [2.45, 2.75) is 77.4 Å². The lowest BCUT2D eigenvalue weighted by atomic mass is 10.0. The Balaban J connectivity index is 1.34. The second-order valence-corrected chi connectivity index (χ2v) is 16.6. The van der Waals surface area contributed by atoms with Gasteiger partial charge >= 0.3 is 18.0 Å². The molecule has 0 radical (unpaired) electrons. The first-order chi connectivity index (χ1) is 26.5. The summed E-state index contributed by atoms with van der Waals surface area (Å²) in [6, 6.07) is 15.0. The number of esters is 2.